The van der Waals surface area contributed by atoms with Gasteiger partial charge >= 0.3 is 0 Å². The molecule has 0 aliphatic rings. The average molecular weight is 321 g/mol. The van der Waals surface area contributed by atoms with E-state index in [0.717, 1.165) is 17.7 Å². The Labute approximate surface area is 146 Å². The zero-order valence-corrected chi connectivity index (χ0v) is 15.4. The van der Waals surface area contributed by atoms with Crippen LogP contribution in [0, 0.1) is 11.3 Å². The molecule has 0 amide bonds. The van der Waals surface area contributed by atoms with Crippen molar-refractivity contribution in [3.63, 3.8) is 0 Å². The van der Waals surface area contributed by atoms with Crippen molar-refractivity contribution < 1.29 is 4.74 Å². The number of methoxy groups -OCH3 is 1. The lowest BCUT2D eigenvalue weighted by molar-refractivity contribution is 0.408. The lowest BCUT2D eigenvalue weighted by Crippen LogP contribution is -2.11. The summed E-state index contributed by atoms with van der Waals surface area (Å²) in [7, 11) is 1.66. The summed E-state index contributed by atoms with van der Waals surface area (Å²) in [5.41, 5.74) is 4.85. The molecule has 2 rings (SSSR count). The van der Waals surface area contributed by atoms with E-state index in [0.29, 0.717) is 6.42 Å². The third kappa shape index (κ3) is 4.17. The van der Waals surface area contributed by atoms with Crippen LogP contribution in [0.1, 0.15) is 55.9 Å². The van der Waals surface area contributed by atoms with Gasteiger partial charge in [0.05, 0.1) is 19.1 Å². The van der Waals surface area contributed by atoms with Gasteiger partial charge in [0.25, 0.3) is 0 Å². The van der Waals surface area contributed by atoms with Crippen LogP contribution >= 0.6 is 0 Å². The predicted molar refractivity (Wildman–Crippen MR) is 99.6 cm³/mol. The summed E-state index contributed by atoms with van der Waals surface area (Å²) in [5, 5.41) is 9.70. The van der Waals surface area contributed by atoms with Gasteiger partial charge in [-0.2, -0.15) is 5.26 Å². The van der Waals surface area contributed by atoms with Crippen LogP contribution in [0.4, 0.5) is 0 Å². The fourth-order valence-corrected chi connectivity index (χ4v) is 2.88. The lowest BCUT2D eigenvalue weighted by Gasteiger charge is -2.20. The van der Waals surface area contributed by atoms with Gasteiger partial charge in [0.1, 0.15) is 5.75 Å². The Bertz CT molecular complexity index is 717. The van der Waals surface area contributed by atoms with Crippen LogP contribution in [0.15, 0.2) is 42.5 Å². The molecule has 0 fully saturated rings. The highest BCUT2D eigenvalue weighted by molar-refractivity contribution is 5.43. The molecule has 0 radical (unpaired) electrons. The van der Waals surface area contributed by atoms with E-state index < -0.39 is 0 Å². The fourth-order valence-electron chi connectivity index (χ4n) is 2.88. The quantitative estimate of drug-likeness (QED) is 0.738. The number of nitriles is 1. The van der Waals surface area contributed by atoms with Crippen molar-refractivity contribution in [1.29, 1.82) is 5.26 Å². The molecule has 0 aromatic heterocycles. The molecule has 2 heteroatoms. The zero-order valence-electron chi connectivity index (χ0n) is 15.4. The van der Waals surface area contributed by atoms with Crippen molar-refractivity contribution in [1.82, 2.24) is 0 Å². The largest absolute Gasteiger partial charge is 0.496 e. The Morgan fingerprint density at radius 2 is 1.67 bits per heavy atom. The number of ether oxygens (including phenoxy) is 1. The number of nitrogens with zero attached hydrogens (tertiary/aromatic N) is 1. The Balaban J connectivity index is 2.29. The Hall–Kier alpha value is -2.27. The second kappa shape index (κ2) is 7.53. The second-order valence-corrected chi connectivity index (χ2v) is 7.26. The first-order chi connectivity index (χ1) is 11.4. The van der Waals surface area contributed by atoms with Gasteiger partial charge in [-0.25, -0.2) is 0 Å². The third-order valence-electron chi connectivity index (χ3n) is 4.49. The molecule has 24 heavy (non-hydrogen) atoms. The van der Waals surface area contributed by atoms with Crippen LogP contribution in [0.25, 0.3) is 0 Å². The van der Waals surface area contributed by atoms with Crippen molar-refractivity contribution in [3.8, 4) is 11.8 Å². The van der Waals surface area contributed by atoms with E-state index in [-0.39, 0.29) is 11.3 Å². The Morgan fingerprint density at radius 3 is 2.17 bits per heavy atom. The molecule has 0 aliphatic heterocycles. The molecule has 0 spiro atoms. The maximum Gasteiger partial charge on any atom is 0.123 e. The Morgan fingerprint density at radius 1 is 1.04 bits per heavy atom. The van der Waals surface area contributed by atoms with E-state index in [1.165, 1.54) is 16.7 Å². The molecule has 0 saturated carbocycles. The van der Waals surface area contributed by atoms with E-state index >= 15 is 0 Å². The summed E-state index contributed by atoms with van der Waals surface area (Å²) >= 11 is 0. The first kappa shape index (κ1) is 18.1. The minimum atomic E-state index is -0.202. The van der Waals surface area contributed by atoms with Crippen LogP contribution in [-0.2, 0) is 18.3 Å². The minimum absolute atomic E-state index is 0.145. The molecule has 2 nitrogen and oxygen atoms in total. The van der Waals surface area contributed by atoms with E-state index in [2.05, 4.69) is 70.2 Å². The molecule has 0 bridgehead atoms. The van der Waals surface area contributed by atoms with Crippen LogP contribution in [-0.4, -0.2) is 7.11 Å². The monoisotopic (exact) mass is 321 g/mol. The van der Waals surface area contributed by atoms with Gasteiger partial charge in [0.15, 0.2) is 0 Å². The Kier molecular flexibility index (Phi) is 5.67. The average Bonchev–Trinajstić information content (AvgIpc) is 2.58. The van der Waals surface area contributed by atoms with Gasteiger partial charge in [-0.05, 0) is 41.0 Å². The van der Waals surface area contributed by atoms with Crippen LogP contribution in [0.5, 0.6) is 5.75 Å². The van der Waals surface area contributed by atoms with Crippen LogP contribution in [0.3, 0.4) is 0 Å². The van der Waals surface area contributed by atoms with Crippen molar-refractivity contribution in [2.75, 3.05) is 7.11 Å². The molecule has 0 aliphatic carbocycles. The standard InChI is InChI=1S/C22H27NO/c1-6-16-9-12-21(24-5)20(14-16)18(15-23)13-17-7-10-19(11-8-17)22(2,3)4/h7-12,14,18H,6,13H2,1-5H3. The van der Waals surface area contributed by atoms with Crippen molar-refractivity contribution in [2.45, 2.75) is 51.9 Å². The second-order valence-electron chi connectivity index (χ2n) is 7.26. The van der Waals surface area contributed by atoms with E-state index in [9.17, 15) is 5.26 Å². The molecular weight excluding hydrogens is 294 g/mol. The molecule has 1 atom stereocenters. The molecule has 1 unspecified atom stereocenters. The number of hydrogen-bond donors (Lipinski definition) is 0. The predicted octanol–water partition coefficient (Wildman–Crippen LogP) is 5.40. The number of benzene rings is 2. The van der Waals surface area contributed by atoms with Crippen LogP contribution in [0.2, 0.25) is 0 Å². The molecule has 0 heterocycles. The highest BCUT2D eigenvalue weighted by Crippen LogP contribution is 2.31. The van der Waals surface area contributed by atoms with Gasteiger partial charge in [0, 0.05) is 5.56 Å². The van der Waals surface area contributed by atoms with Crippen molar-refractivity contribution in [2.24, 2.45) is 0 Å². The fraction of sp³-hybridized carbons (Fsp3) is 0.409. The van der Waals surface area contributed by atoms with Gasteiger partial charge in [-0.3, -0.25) is 0 Å². The lowest BCUT2D eigenvalue weighted by atomic mass is 9.85. The van der Waals surface area contributed by atoms with Gasteiger partial charge in [-0.15, -0.1) is 0 Å². The van der Waals surface area contributed by atoms with E-state index in [4.69, 9.17) is 4.74 Å². The normalized spacial score (nSPS) is 12.5. The molecular formula is C22H27NO. The molecule has 2 aromatic rings. The molecule has 0 saturated heterocycles. The number of aryl methyl sites for hydroxylation is 1. The number of rotatable bonds is 5. The summed E-state index contributed by atoms with van der Waals surface area (Å²) in [6, 6.07) is 17.2. The van der Waals surface area contributed by atoms with Crippen molar-refractivity contribution >= 4 is 0 Å². The summed E-state index contributed by atoms with van der Waals surface area (Å²) in [4.78, 5) is 0. The summed E-state index contributed by atoms with van der Waals surface area (Å²) in [6.45, 7) is 8.75. The smallest absolute Gasteiger partial charge is 0.123 e. The summed E-state index contributed by atoms with van der Waals surface area (Å²) in [6.07, 6.45) is 1.65. The van der Waals surface area contributed by atoms with Gasteiger partial charge < -0.3 is 4.74 Å². The maximum absolute atomic E-state index is 9.70. The zero-order chi connectivity index (χ0) is 17.7. The molecule has 2 aromatic carbocycles. The van der Waals surface area contributed by atoms with Gasteiger partial charge in [-0.1, -0.05) is 64.1 Å². The summed E-state index contributed by atoms with van der Waals surface area (Å²) in [5.74, 6) is 0.594. The molecule has 126 valence electrons. The SMILES string of the molecule is CCc1ccc(OC)c(C(C#N)Cc2ccc(C(C)(C)C)cc2)c1. The van der Waals surface area contributed by atoms with Gasteiger partial charge in [0.2, 0.25) is 0 Å². The highest BCUT2D eigenvalue weighted by Gasteiger charge is 2.18. The first-order valence-electron chi connectivity index (χ1n) is 8.55. The first-order valence-corrected chi connectivity index (χ1v) is 8.55. The van der Waals surface area contributed by atoms with E-state index in [1.807, 2.05) is 6.07 Å². The van der Waals surface area contributed by atoms with Crippen molar-refractivity contribution in [3.05, 3.63) is 64.7 Å². The topological polar surface area (TPSA) is 33.0 Å². The van der Waals surface area contributed by atoms with Crippen LogP contribution < -0.4 is 4.74 Å². The summed E-state index contributed by atoms with van der Waals surface area (Å²) < 4.78 is 5.48. The van der Waals surface area contributed by atoms with E-state index in [1.54, 1.807) is 7.11 Å². The number of hydrogen-bond acceptors (Lipinski definition) is 2. The third-order valence-corrected chi connectivity index (χ3v) is 4.49. The maximum atomic E-state index is 9.70. The molecule has 0 N–H and O–H groups in total. The highest BCUT2D eigenvalue weighted by atomic mass is 16.5. The minimum Gasteiger partial charge on any atom is -0.496 e.